The van der Waals surface area contributed by atoms with E-state index in [2.05, 4.69) is 0 Å². The number of carboxylic acid groups (broad SMARTS) is 2. The third-order valence-electron chi connectivity index (χ3n) is 2.86. The molecule has 0 saturated carbocycles. The maximum absolute atomic E-state index is 11.3. The van der Waals surface area contributed by atoms with Gasteiger partial charge in [0.05, 0.1) is 11.0 Å². The van der Waals surface area contributed by atoms with Gasteiger partial charge in [-0.15, -0.1) is 0 Å². The van der Waals surface area contributed by atoms with Gasteiger partial charge in [0.25, 0.3) is 0 Å². The van der Waals surface area contributed by atoms with Gasteiger partial charge in [-0.25, -0.2) is 4.79 Å². The summed E-state index contributed by atoms with van der Waals surface area (Å²) in [5.41, 5.74) is -1.27. The Balaban J connectivity index is 5.62. The van der Waals surface area contributed by atoms with Crippen LogP contribution in [0.2, 0.25) is 0 Å². The summed E-state index contributed by atoms with van der Waals surface area (Å²) in [6.45, 7) is 7.07. The number of hydrogen-bond acceptors (Lipinski definition) is 2. The van der Waals surface area contributed by atoms with Gasteiger partial charge in [-0.1, -0.05) is 33.8 Å². The molecule has 0 fully saturated rings. The molecule has 0 heterocycles. The molecular formula is C12H20O4. The summed E-state index contributed by atoms with van der Waals surface area (Å²) in [6, 6.07) is 0. The van der Waals surface area contributed by atoms with E-state index >= 15 is 0 Å². The fraction of sp³-hybridized carbons (Fsp3) is 0.667. The van der Waals surface area contributed by atoms with Crippen molar-refractivity contribution in [3.63, 3.8) is 0 Å². The minimum Gasteiger partial charge on any atom is -0.481 e. The third kappa shape index (κ3) is 2.84. The van der Waals surface area contributed by atoms with Crippen molar-refractivity contribution >= 4 is 11.9 Å². The molecule has 0 bridgehead atoms. The van der Waals surface area contributed by atoms with Crippen LogP contribution in [0.3, 0.4) is 0 Å². The normalized spacial score (nSPS) is 12.9. The Hall–Kier alpha value is -1.32. The zero-order valence-corrected chi connectivity index (χ0v) is 10.3. The maximum atomic E-state index is 11.3. The van der Waals surface area contributed by atoms with E-state index in [0.29, 0.717) is 0 Å². The Morgan fingerprint density at radius 3 is 1.81 bits per heavy atom. The van der Waals surface area contributed by atoms with E-state index in [-0.39, 0.29) is 24.3 Å². The number of rotatable bonds is 6. The van der Waals surface area contributed by atoms with Crippen molar-refractivity contribution in [2.45, 2.75) is 40.5 Å². The summed E-state index contributed by atoms with van der Waals surface area (Å²) >= 11 is 0. The zero-order chi connectivity index (χ0) is 12.9. The quantitative estimate of drug-likeness (QED) is 0.685. The first kappa shape index (κ1) is 14.7. The largest absolute Gasteiger partial charge is 0.481 e. The second-order valence-electron chi connectivity index (χ2n) is 4.22. The molecule has 0 aromatic rings. The predicted molar refractivity (Wildman–Crippen MR) is 61.2 cm³/mol. The summed E-state index contributed by atoms with van der Waals surface area (Å²) in [6.07, 6.45) is 2.09. The fourth-order valence-electron chi connectivity index (χ4n) is 1.82. The molecule has 0 aromatic heterocycles. The molecule has 4 nitrogen and oxygen atoms in total. The highest BCUT2D eigenvalue weighted by Gasteiger charge is 2.42. The monoisotopic (exact) mass is 228 g/mol. The summed E-state index contributed by atoms with van der Waals surface area (Å²) in [7, 11) is 0. The molecule has 0 atom stereocenters. The molecule has 2 N–H and O–H groups in total. The molecule has 0 aliphatic rings. The zero-order valence-electron chi connectivity index (χ0n) is 10.3. The molecule has 0 radical (unpaired) electrons. The molecule has 16 heavy (non-hydrogen) atoms. The SMILES string of the molecule is CCC(CC)(C(=O)O)/C(=C\C(C)C)C(=O)O. The van der Waals surface area contributed by atoms with Gasteiger partial charge >= 0.3 is 11.9 Å². The van der Waals surface area contributed by atoms with Gasteiger partial charge in [0.1, 0.15) is 0 Å². The molecule has 0 saturated heterocycles. The third-order valence-corrected chi connectivity index (χ3v) is 2.86. The van der Waals surface area contributed by atoms with Gasteiger partial charge in [-0.3, -0.25) is 4.79 Å². The first-order chi connectivity index (χ1) is 7.31. The molecular weight excluding hydrogens is 208 g/mol. The lowest BCUT2D eigenvalue weighted by Gasteiger charge is -2.28. The first-order valence-corrected chi connectivity index (χ1v) is 5.50. The van der Waals surface area contributed by atoms with Crippen LogP contribution >= 0.6 is 0 Å². The van der Waals surface area contributed by atoms with Crippen LogP contribution in [0.1, 0.15) is 40.5 Å². The minimum atomic E-state index is -1.27. The summed E-state index contributed by atoms with van der Waals surface area (Å²) in [5, 5.41) is 18.4. The number of allylic oxidation sites excluding steroid dienone is 1. The van der Waals surface area contributed by atoms with Crippen molar-refractivity contribution in [2.75, 3.05) is 0 Å². The molecule has 92 valence electrons. The van der Waals surface area contributed by atoms with Crippen LogP contribution < -0.4 is 0 Å². The van der Waals surface area contributed by atoms with Crippen LogP contribution in [0.25, 0.3) is 0 Å². The summed E-state index contributed by atoms with van der Waals surface area (Å²) in [4.78, 5) is 22.5. The van der Waals surface area contributed by atoms with Crippen molar-refractivity contribution in [3.8, 4) is 0 Å². The van der Waals surface area contributed by atoms with Gasteiger partial charge < -0.3 is 10.2 Å². The Morgan fingerprint density at radius 1 is 1.19 bits per heavy atom. The van der Waals surface area contributed by atoms with Gasteiger partial charge in [0.2, 0.25) is 0 Å². The molecule has 0 amide bonds. The van der Waals surface area contributed by atoms with Crippen molar-refractivity contribution < 1.29 is 19.8 Å². The van der Waals surface area contributed by atoms with Crippen molar-refractivity contribution in [1.82, 2.24) is 0 Å². The van der Waals surface area contributed by atoms with Crippen LogP contribution in [0.4, 0.5) is 0 Å². The van der Waals surface area contributed by atoms with Gasteiger partial charge in [-0.2, -0.15) is 0 Å². The molecule has 0 unspecified atom stereocenters. The second-order valence-corrected chi connectivity index (χ2v) is 4.22. The van der Waals surface area contributed by atoms with E-state index in [9.17, 15) is 14.7 Å². The standard InChI is InChI=1S/C12H20O4/c1-5-12(6-2,11(15)16)9(10(13)14)7-8(3)4/h7-8H,5-6H2,1-4H3,(H,13,14)(H,15,16)/b9-7-. The van der Waals surface area contributed by atoms with Gasteiger partial charge in [-0.05, 0) is 18.8 Å². The van der Waals surface area contributed by atoms with Crippen molar-refractivity contribution in [3.05, 3.63) is 11.6 Å². The Kier molecular flexibility index (Phi) is 5.21. The lowest BCUT2D eigenvalue weighted by Crippen LogP contribution is -2.35. The predicted octanol–water partition coefficient (Wildman–Crippen LogP) is 2.54. The topological polar surface area (TPSA) is 74.6 Å². The summed E-state index contributed by atoms with van der Waals surface area (Å²) < 4.78 is 0. The Labute approximate surface area is 96.0 Å². The van der Waals surface area contributed by atoms with Crippen LogP contribution in [0, 0.1) is 11.3 Å². The van der Waals surface area contributed by atoms with Crippen molar-refractivity contribution in [2.24, 2.45) is 11.3 Å². The maximum Gasteiger partial charge on any atom is 0.332 e. The van der Waals surface area contributed by atoms with E-state index in [1.165, 1.54) is 6.08 Å². The summed E-state index contributed by atoms with van der Waals surface area (Å²) in [5.74, 6) is -2.19. The average Bonchev–Trinajstić information content (AvgIpc) is 2.17. The lowest BCUT2D eigenvalue weighted by atomic mass is 9.74. The van der Waals surface area contributed by atoms with Gasteiger partial charge in [0, 0.05) is 0 Å². The average molecular weight is 228 g/mol. The highest BCUT2D eigenvalue weighted by molar-refractivity contribution is 5.96. The van der Waals surface area contributed by atoms with E-state index < -0.39 is 17.4 Å². The molecule has 0 spiro atoms. The van der Waals surface area contributed by atoms with Crippen LogP contribution in [-0.2, 0) is 9.59 Å². The smallest absolute Gasteiger partial charge is 0.332 e. The fourth-order valence-corrected chi connectivity index (χ4v) is 1.82. The van der Waals surface area contributed by atoms with E-state index in [1.54, 1.807) is 13.8 Å². The number of carboxylic acids is 2. The molecule has 0 aliphatic carbocycles. The molecule has 0 rings (SSSR count). The van der Waals surface area contributed by atoms with Crippen molar-refractivity contribution in [1.29, 1.82) is 0 Å². The minimum absolute atomic E-state index is 0.000000000000000222. The highest BCUT2D eigenvalue weighted by atomic mass is 16.4. The van der Waals surface area contributed by atoms with Crippen LogP contribution in [0.5, 0.6) is 0 Å². The first-order valence-electron chi connectivity index (χ1n) is 5.50. The van der Waals surface area contributed by atoms with E-state index in [0.717, 1.165) is 0 Å². The number of carbonyl (C=O) groups is 2. The lowest BCUT2D eigenvalue weighted by molar-refractivity contribution is -0.150. The number of hydrogen-bond donors (Lipinski definition) is 2. The van der Waals surface area contributed by atoms with Gasteiger partial charge in [0.15, 0.2) is 0 Å². The molecule has 0 aliphatic heterocycles. The highest BCUT2D eigenvalue weighted by Crippen LogP contribution is 2.36. The van der Waals surface area contributed by atoms with E-state index in [1.807, 2.05) is 13.8 Å². The molecule has 4 heteroatoms. The Morgan fingerprint density at radius 2 is 1.62 bits per heavy atom. The van der Waals surface area contributed by atoms with E-state index in [4.69, 9.17) is 5.11 Å². The van der Waals surface area contributed by atoms with Crippen LogP contribution in [0.15, 0.2) is 11.6 Å². The molecule has 0 aromatic carbocycles. The second kappa shape index (κ2) is 5.68. The Bertz CT molecular complexity index is 298. The van der Waals surface area contributed by atoms with Crippen LogP contribution in [-0.4, -0.2) is 22.2 Å². The number of aliphatic carboxylic acids is 2.